The van der Waals surface area contributed by atoms with Gasteiger partial charge >= 0.3 is 0 Å². The van der Waals surface area contributed by atoms with Crippen LogP contribution in [0.2, 0.25) is 10.0 Å². The molecule has 96 valence electrons. The van der Waals surface area contributed by atoms with Crippen LogP contribution in [0.1, 0.15) is 33.6 Å². The lowest BCUT2D eigenvalue weighted by atomic mass is 10.2. The van der Waals surface area contributed by atoms with Crippen molar-refractivity contribution in [2.75, 3.05) is 17.2 Å². The van der Waals surface area contributed by atoms with Crippen LogP contribution < -0.4 is 10.6 Å². The molecule has 0 aliphatic heterocycles. The normalized spacial score (nSPS) is 12.3. The number of rotatable bonds is 6. The monoisotopic (exact) mass is 275 g/mol. The Morgan fingerprint density at radius 1 is 1.24 bits per heavy atom. The lowest BCUT2D eigenvalue weighted by Gasteiger charge is -2.15. The van der Waals surface area contributed by atoms with Crippen LogP contribution in [0.4, 0.5) is 11.6 Å². The molecule has 1 unspecified atom stereocenters. The van der Waals surface area contributed by atoms with E-state index in [1.54, 1.807) is 6.07 Å². The van der Waals surface area contributed by atoms with Gasteiger partial charge in [-0.25, -0.2) is 4.98 Å². The SMILES string of the molecule is CCCNc1nc(NC(C)CC)c(Cl)cc1Cl. The van der Waals surface area contributed by atoms with Crippen molar-refractivity contribution in [3.05, 3.63) is 16.1 Å². The molecule has 1 rings (SSSR count). The molecule has 0 saturated carbocycles. The molecule has 0 bridgehead atoms. The quantitative estimate of drug-likeness (QED) is 0.807. The van der Waals surface area contributed by atoms with E-state index in [9.17, 15) is 0 Å². The van der Waals surface area contributed by atoms with E-state index >= 15 is 0 Å². The number of hydrogen-bond donors (Lipinski definition) is 2. The summed E-state index contributed by atoms with van der Waals surface area (Å²) in [5, 5.41) is 7.55. The molecule has 17 heavy (non-hydrogen) atoms. The summed E-state index contributed by atoms with van der Waals surface area (Å²) in [5.41, 5.74) is 0. The Morgan fingerprint density at radius 3 is 2.47 bits per heavy atom. The Bertz CT molecular complexity index is 369. The number of anilines is 2. The Labute approximate surface area is 113 Å². The molecular weight excluding hydrogens is 257 g/mol. The summed E-state index contributed by atoms with van der Waals surface area (Å²) in [6, 6.07) is 2.05. The van der Waals surface area contributed by atoms with E-state index in [1.807, 2.05) is 0 Å². The van der Waals surface area contributed by atoms with Crippen molar-refractivity contribution in [2.45, 2.75) is 39.7 Å². The zero-order chi connectivity index (χ0) is 12.8. The highest BCUT2D eigenvalue weighted by Gasteiger charge is 2.10. The Kier molecular flexibility index (Phi) is 5.86. The molecule has 0 radical (unpaired) electrons. The van der Waals surface area contributed by atoms with Gasteiger partial charge in [-0.1, -0.05) is 37.0 Å². The summed E-state index contributed by atoms with van der Waals surface area (Å²) >= 11 is 12.2. The molecule has 0 aliphatic rings. The van der Waals surface area contributed by atoms with Crippen molar-refractivity contribution in [3.8, 4) is 0 Å². The van der Waals surface area contributed by atoms with Crippen LogP contribution in [-0.2, 0) is 0 Å². The van der Waals surface area contributed by atoms with Gasteiger partial charge in [-0.15, -0.1) is 0 Å². The summed E-state index contributed by atoms with van der Waals surface area (Å²) in [5.74, 6) is 1.37. The van der Waals surface area contributed by atoms with Crippen molar-refractivity contribution in [3.63, 3.8) is 0 Å². The average molecular weight is 276 g/mol. The third-order valence-corrected chi connectivity index (χ3v) is 3.04. The van der Waals surface area contributed by atoms with Gasteiger partial charge in [-0.05, 0) is 25.8 Å². The molecule has 1 heterocycles. The topological polar surface area (TPSA) is 37.0 Å². The van der Waals surface area contributed by atoms with E-state index in [2.05, 4.69) is 36.4 Å². The molecule has 1 atom stereocenters. The van der Waals surface area contributed by atoms with Gasteiger partial charge in [0.15, 0.2) is 0 Å². The van der Waals surface area contributed by atoms with Gasteiger partial charge < -0.3 is 10.6 Å². The standard InChI is InChI=1S/C12H19Cl2N3/c1-4-6-15-11-9(13)7-10(14)12(17-11)16-8(3)5-2/h7-8H,4-6H2,1-3H3,(H2,15,16,17). The predicted molar refractivity (Wildman–Crippen MR) is 76.4 cm³/mol. The van der Waals surface area contributed by atoms with Crippen LogP contribution in [0.5, 0.6) is 0 Å². The van der Waals surface area contributed by atoms with E-state index in [0.717, 1.165) is 19.4 Å². The molecule has 3 nitrogen and oxygen atoms in total. The Balaban J connectivity index is 2.89. The van der Waals surface area contributed by atoms with Crippen LogP contribution >= 0.6 is 23.2 Å². The van der Waals surface area contributed by atoms with Crippen molar-refractivity contribution < 1.29 is 0 Å². The van der Waals surface area contributed by atoms with Gasteiger partial charge in [0.05, 0.1) is 10.0 Å². The molecule has 0 fully saturated rings. The van der Waals surface area contributed by atoms with Crippen LogP contribution in [-0.4, -0.2) is 17.6 Å². The molecule has 1 aromatic rings. The first-order valence-corrected chi connectivity index (χ1v) is 6.70. The van der Waals surface area contributed by atoms with Gasteiger partial charge in [-0.2, -0.15) is 0 Å². The smallest absolute Gasteiger partial charge is 0.147 e. The molecule has 1 aromatic heterocycles. The van der Waals surface area contributed by atoms with E-state index in [-0.39, 0.29) is 0 Å². The molecule has 5 heteroatoms. The average Bonchev–Trinajstić information content (AvgIpc) is 2.30. The highest BCUT2D eigenvalue weighted by atomic mass is 35.5. The second-order valence-corrected chi connectivity index (χ2v) is 4.84. The van der Waals surface area contributed by atoms with Gasteiger partial charge in [0, 0.05) is 12.6 Å². The minimum absolute atomic E-state index is 0.334. The van der Waals surface area contributed by atoms with Gasteiger partial charge in [0.25, 0.3) is 0 Å². The summed E-state index contributed by atoms with van der Waals surface area (Å²) < 4.78 is 0. The minimum Gasteiger partial charge on any atom is -0.369 e. The summed E-state index contributed by atoms with van der Waals surface area (Å²) in [4.78, 5) is 4.41. The van der Waals surface area contributed by atoms with Crippen molar-refractivity contribution in [2.24, 2.45) is 0 Å². The van der Waals surface area contributed by atoms with Crippen molar-refractivity contribution >= 4 is 34.8 Å². The zero-order valence-electron chi connectivity index (χ0n) is 10.5. The fourth-order valence-corrected chi connectivity index (χ4v) is 1.75. The van der Waals surface area contributed by atoms with Crippen molar-refractivity contribution in [1.82, 2.24) is 4.98 Å². The Morgan fingerprint density at radius 2 is 1.88 bits per heavy atom. The zero-order valence-corrected chi connectivity index (χ0v) is 12.0. The molecule has 0 aliphatic carbocycles. The number of halogens is 2. The molecule has 0 spiro atoms. The number of nitrogens with zero attached hydrogens (tertiary/aromatic N) is 1. The number of nitrogens with one attached hydrogen (secondary N) is 2. The fourth-order valence-electron chi connectivity index (χ4n) is 1.27. The lowest BCUT2D eigenvalue weighted by Crippen LogP contribution is -2.15. The minimum atomic E-state index is 0.334. The molecule has 0 amide bonds. The van der Waals surface area contributed by atoms with Gasteiger partial charge in [0.1, 0.15) is 11.6 Å². The molecular formula is C12H19Cl2N3. The second kappa shape index (κ2) is 6.92. The van der Waals surface area contributed by atoms with E-state index < -0.39 is 0 Å². The lowest BCUT2D eigenvalue weighted by molar-refractivity contribution is 0.759. The maximum Gasteiger partial charge on any atom is 0.147 e. The van der Waals surface area contributed by atoms with Crippen LogP contribution in [0.15, 0.2) is 6.07 Å². The van der Waals surface area contributed by atoms with Gasteiger partial charge in [-0.3, -0.25) is 0 Å². The Hall–Kier alpha value is -0.670. The molecule has 0 saturated heterocycles. The molecule has 2 N–H and O–H groups in total. The predicted octanol–water partition coefficient (Wildman–Crippen LogP) is 4.42. The van der Waals surface area contributed by atoms with Crippen molar-refractivity contribution in [1.29, 1.82) is 0 Å². The first-order chi connectivity index (χ1) is 8.08. The first kappa shape index (κ1) is 14.4. The highest BCUT2D eigenvalue weighted by Crippen LogP contribution is 2.29. The second-order valence-electron chi connectivity index (χ2n) is 4.03. The van der Waals surface area contributed by atoms with E-state index in [1.165, 1.54) is 0 Å². The van der Waals surface area contributed by atoms with Crippen LogP contribution in [0.25, 0.3) is 0 Å². The number of pyridine rings is 1. The van der Waals surface area contributed by atoms with E-state index in [0.29, 0.717) is 27.7 Å². The maximum absolute atomic E-state index is 6.10. The third kappa shape index (κ3) is 4.25. The summed E-state index contributed by atoms with van der Waals surface area (Å²) in [6.45, 7) is 7.13. The fraction of sp³-hybridized carbons (Fsp3) is 0.583. The number of aromatic nitrogens is 1. The number of hydrogen-bond acceptors (Lipinski definition) is 3. The first-order valence-electron chi connectivity index (χ1n) is 5.94. The van der Waals surface area contributed by atoms with Gasteiger partial charge in [0.2, 0.25) is 0 Å². The third-order valence-electron chi connectivity index (χ3n) is 2.47. The highest BCUT2D eigenvalue weighted by molar-refractivity contribution is 6.37. The molecule has 0 aromatic carbocycles. The van der Waals surface area contributed by atoms with Crippen LogP contribution in [0, 0.1) is 0 Å². The summed E-state index contributed by atoms with van der Waals surface area (Å²) in [6.07, 6.45) is 2.03. The maximum atomic E-state index is 6.10. The van der Waals surface area contributed by atoms with E-state index in [4.69, 9.17) is 23.2 Å². The van der Waals surface area contributed by atoms with Crippen LogP contribution in [0.3, 0.4) is 0 Å². The summed E-state index contributed by atoms with van der Waals surface area (Å²) in [7, 11) is 0. The largest absolute Gasteiger partial charge is 0.369 e.